The summed E-state index contributed by atoms with van der Waals surface area (Å²) in [6.45, 7) is 6.84. The number of hydrogen-bond donors (Lipinski definition) is 1. The zero-order chi connectivity index (χ0) is 22.0. The van der Waals surface area contributed by atoms with Gasteiger partial charge in [0, 0.05) is 30.1 Å². The molecule has 4 heteroatoms. The lowest BCUT2D eigenvalue weighted by atomic mass is 9.47. The molecule has 2 unspecified atom stereocenters. The zero-order valence-electron chi connectivity index (χ0n) is 19.4. The first kappa shape index (κ1) is 20.8. The fourth-order valence-corrected chi connectivity index (χ4v) is 8.04. The van der Waals surface area contributed by atoms with Crippen molar-refractivity contribution in [3.63, 3.8) is 0 Å². The first-order chi connectivity index (χ1) is 14.7. The van der Waals surface area contributed by atoms with E-state index in [0.717, 1.165) is 37.8 Å². The van der Waals surface area contributed by atoms with Crippen LogP contribution in [-0.4, -0.2) is 29.8 Å². The highest BCUT2D eigenvalue weighted by Crippen LogP contribution is 2.65. The van der Waals surface area contributed by atoms with Crippen LogP contribution in [0.3, 0.4) is 0 Å². The van der Waals surface area contributed by atoms with Crippen LogP contribution in [0.2, 0.25) is 0 Å². The predicted molar refractivity (Wildman–Crippen MR) is 123 cm³/mol. The molecule has 4 aliphatic rings. The Morgan fingerprint density at radius 3 is 2.52 bits per heavy atom. The first-order valence-electron chi connectivity index (χ1n) is 12.1. The molecule has 0 bridgehead atoms. The molecule has 0 radical (unpaired) electrons. The van der Waals surface area contributed by atoms with Gasteiger partial charge in [0.2, 0.25) is 11.8 Å². The molecule has 3 fully saturated rings. The largest absolute Gasteiger partial charge is 0.338 e. The van der Waals surface area contributed by atoms with Crippen LogP contribution in [-0.2, 0) is 9.59 Å². The normalized spacial score (nSPS) is 41.4. The fourth-order valence-electron chi connectivity index (χ4n) is 8.04. The van der Waals surface area contributed by atoms with Crippen molar-refractivity contribution >= 4 is 17.5 Å². The molecule has 7 atom stereocenters. The monoisotopic (exact) mass is 420 g/mol. The Hall–Kier alpha value is -2.10. The van der Waals surface area contributed by atoms with Crippen molar-refractivity contribution in [2.75, 3.05) is 12.4 Å². The number of nitrogens with one attached hydrogen (secondary N) is 1. The lowest BCUT2D eigenvalue weighted by Gasteiger charge is -2.60. The summed E-state index contributed by atoms with van der Waals surface area (Å²) in [4.78, 5) is 27.6. The van der Waals surface area contributed by atoms with Gasteiger partial charge in [-0.05, 0) is 86.8 Å². The Morgan fingerprint density at radius 2 is 1.77 bits per heavy atom. The summed E-state index contributed by atoms with van der Waals surface area (Å²) in [6.07, 6.45) is 10.7. The Labute approximate surface area is 186 Å². The Balaban J connectivity index is 1.37. The predicted octanol–water partition coefficient (Wildman–Crippen LogP) is 5.19. The van der Waals surface area contributed by atoms with Gasteiger partial charge in [0.05, 0.1) is 0 Å². The summed E-state index contributed by atoms with van der Waals surface area (Å²) in [5.41, 5.74) is 2.26. The molecule has 1 N–H and O–H groups in total. The van der Waals surface area contributed by atoms with Gasteiger partial charge in [0.1, 0.15) is 0 Å². The van der Waals surface area contributed by atoms with Crippen LogP contribution in [0.5, 0.6) is 0 Å². The Morgan fingerprint density at radius 1 is 1.03 bits per heavy atom. The molecule has 0 aromatic heterocycles. The van der Waals surface area contributed by atoms with Crippen LogP contribution in [0.1, 0.15) is 57.9 Å². The van der Waals surface area contributed by atoms with Gasteiger partial charge in [-0.2, -0.15) is 0 Å². The van der Waals surface area contributed by atoms with E-state index in [-0.39, 0.29) is 28.6 Å². The molecule has 1 aliphatic heterocycles. The van der Waals surface area contributed by atoms with Crippen molar-refractivity contribution < 1.29 is 9.59 Å². The maximum atomic E-state index is 13.3. The topological polar surface area (TPSA) is 49.4 Å². The third kappa shape index (κ3) is 3.08. The first-order valence-corrected chi connectivity index (χ1v) is 12.1. The van der Waals surface area contributed by atoms with Gasteiger partial charge in [-0.3, -0.25) is 9.59 Å². The molecule has 1 heterocycles. The highest BCUT2D eigenvalue weighted by molar-refractivity contribution is 5.93. The molecule has 0 spiro atoms. The average molecular weight is 421 g/mol. The van der Waals surface area contributed by atoms with Crippen molar-refractivity contribution in [2.45, 2.75) is 65.3 Å². The molecule has 0 saturated heterocycles. The van der Waals surface area contributed by atoms with Crippen molar-refractivity contribution in [1.82, 2.24) is 4.90 Å². The van der Waals surface area contributed by atoms with Crippen molar-refractivity contribution in [3.05, 3.63) is 42.0 Å². The summed E-state index contributed by atoms with van der Waals surface area (Å²) < 4.78 is 0. The number of amides is 2. The lowest BCUT2D eigenvalue weighted by molar-refractivity contribution is -0.141. The minimum Gasteiger partial charge on any atom is -0.338 e. The molecule has 2 amide bonds. The van der Waals surface area contributed by atoms with Gasteiger partial charge in [-0.15, -0.1) is 0 Å². The minimum atomic E-state index is 0.0646. The number of hydrogen-bond acceptors (Lipinski definition) is 2. The van der Waals surface area contributed by atoms with Crippen molar-refractivity contribution in [2.24, 2.45) is 34.5 Å². The molecule has 4 nitrogen and oxygen atoms in total. The maximum absolute atomic E-state index is 13.3. The van der Waals surface area contributed by atoms with E-state index in [4.69, 9.17) is 0 Å². The number of anilines is 1. The summed E-state index contributed by atoms with van der Waals surface area (Å²) in [5.74, 6) is 2.31. The number of benzene rings is 1. The number of carbonyl (C=O) groups is 2. The second kappa shape index (κ2) is 7.21. The number of carbonyl (C=O) groups excluding carboxylic acids is 2. The van der Waals surface area contributed by atoms with E-state index < -0.39 is 0 Å². The van der Waals surface area contributed by atoms with Crippen LogP contribution in [0.15, 0.2) is 36.4 Å². The van der Waals surface area contributed by atoms with E-state index in [1.54, 1.807) is 6.08 Å². The minimum absolute atomic E-state index is 0.0646. The van der Waals surface area contributed by atoms with Crippen molar-refractivity contribution in [1.29, 1.82) is 0 Å². The Bertz CT molecular complexity index is 922. The van der Waals surface area contributed by atoms with Crippen LogP contribution in [0.25, 0.3) is 0 Å². The second-order valence-electron chi connectivity index (χ2n) is 11.1. The van der Waals surface area contributed by atoms with Gasteiger partial charge >= 0.3 is 0 Å². The van der Waals surface area contributed by atoms with Gasteiger partial charge in [-0.25, -0.2) is 0 Å². The van der Waals surface area contributed by atoms with E-state index in [1.165, 1.54) is 12.0 Å². The molecular formula is C27H36N2O2. The molecule has 3 saturated carbocycles. The fraction of sp³-hybridized carbons (Fsp3) is 0.630. The van der Waals surface area contributed by atoms with Crippen LogP contribution < -0.4 is 5.32 Å². The molecule has 166 valence electrons. The zero-order valence-corrected chi connectivity index (χ0v) is 19.4. The standard InChI is InChI=1S/C27H36N2O2/c1-17-5-7-18(8-6-17)28-25(31)22-11-10-20-19-9-12-23-27(3,16-14-24(30)29(23)4)21(19)13-15-26(20,22)2/h5-8,14,16,19-23H,9-13,15H2,1-4H3,(H,28,31)/t19-,20-,21+,22?,23?,26-,27+/m0/s1. The van der Waals surface area contributed by atoms with E-state index in [0.29, 0.717) is 23.8 Å². The van der Waals surface area contributed by atoms with Crippen LogP contribution >= 0.6 is 0 Å². The quantitative estimate of drug-likeness (QED) is 0.716. The highest BCUT2D eigenvalue weighted by atomic mass is 16.2. The number of nitrogens with zero attached hydrogens (tertiary/aromatic N) is 1. The van der Waals surface area contributed by atoms with Gasteiger partial charge in [-0.1, -0.05) is 37.6 Å². The number of aryl methyl sites for hydroxylation is 1. The third-order valence-electron chi connectivity index (χ3n) is 9.76. The average Bonchev–Trinajstić information content (AvgIpc) is 3.10. The van der Waals surface area contributed by atoms with Gasteiger partial charge in [0.25, 0.3) is 0 Å². The van der Waals surface area contributed by atoms with E-state index in [9.17, 15) is 9.59 Å². The molecule has 5 rings (SSSR count). The van der Waals surface area contributed by atoms with Crippen molar-refractivity contribution in [3.8, 4) is 0 Å². The van der Waals surface area contributed by atoms with E-state index in [2.05, 4.69) is 44.3 Å². The Kier molecular flexibility index (Phi) is 4.84. The van der Waals surface area contributed by atoms with Gasteiger partial charge < -0.3 is 10.2 Å². The second-order valence-corrected chi connectivity index (χ2v) is 11.1. The highest BCUT2D eigenvalue weighted by Gasteiger charge is 2.61. The van der Waals surface area contributed by atoms with Crippen LogP contribution in [0.4, 0.5) is 5.69 Å². The summed E-state index contributed by atoms with van der Waals surface area (Å²) >= 11 is 0. The molecule has 3 aliphatic carbocycles. The van der Waals surface area contributed by atoms with E-state index in [1.807, 2.05) is 24.1 Å². The lowest BCUT2D eigenvalue weighted by Crippen LogP contribution is -2.59. The number of rotatable bonds is 2. The molecular weight excluding hydrogens is 384 g/mol. The maximum Gasteiger partial charge on any atom is 0.246 e. The summed E-state index contributed by atoms with van der Waals surface area (Å²) in [7, 11) is 1.98. The molecule has 1 aromatic carbocycles. The summed E-state index contributed by atoms with van der Waals surface area (Å²) in [5, 5.41) is 3.21. The summed E-state index contributed by atoms with van der Waals surface area (Å²) in [6, 6.07) is 8.44. The third-order valence-corrected chi connectivity index (χ3v) is 9.76. The van der Waals surface area contributed by atoms with Gasteiger partial charge in [0.15, 0.2) is 0 Å². The molecule has 31 heavy (non-hydrogen) atoms. The smallest absolute Gasteiger partial charge is 0.246 e. The molecule has 1 aromatic rings. The van der Waals surface area contributed by atoms with E-state index >= 15 is 0 Å². The van der Waals surface area contributed by atoms with Crippen LogP contribution in [0, 0.1) is 41.4 Å². The number of likely N-dealkylation sites (N-methyl/N-ethyl adjacent to an activating group) is 1. The number of fused-ring (bicyclic) bond motifs is 5. The SMILES string of the molecule is Cc1ccc(NC(=O)C2CC[C@H]3[C@@H]4CCC5N(C)C(=O)C=C[C@]5(C)[C@@H]4CC[C@]23C)cc1.